The standard InChI is InChI=1S/C23H22ClN5O3S/c1-3-10-31-12-23(24)26-9-8-18(29-23)32-17-7-4-14-15(28-17)5-6-16-19(14)20-21(33-16)22(30)27-13(2)11-25-20/h3-9,13,25,29H,1,10-12H2,2H3,(H,27,30). The molecule has 3 aromatic rings. The first-order chi connectivity index (χ1) is 16.0. The molecule has 0 bridgehead atoms. The number of amides is 1. The van der Waals surface area contributed by atoms with Crippen molar-refractivity contribution in [3.63, 3.8) is 0 Å². The van der Waals surface area contributed by atoms with Crippen molar-refractivity contribution in [1.29, 1.82) is 0 Å². The third kappa shape index (κ3) is 4.27. The molecule has 1 amide bonds. The highest BCUT2D eigenvalue weighted by atomic mass is 35.5. The van der Waals surface area contributed by atoms with E-state index in [-0.39, 0.29) is 18.6 Å². The molecule has 2 aliphatic rings. The maximum atomic E-state index is 12.6. The van der Waals surface area contributed by atoms with Crippen LogP contribution < -0.4 is 20.7 Å². The number of hydrogen-bond donors (Lipinski definition) is 3. The number of fused-ring (bicyclic) bond motifs is 5. The van der Waals surface area contributed by atoms with Crippen LogP contribution in [-0.4, -0.2) is 48.0 Å². The topological polar surface area (TPSA) is 96.9 Å². The van der Waals surface area contributed by atoms with Crippen molar-refractivity contribution in [2.45, 2.75) is 18.1 Å². The molecule has 2 aromatic heterocycles. The first-order valence-corrected chi connectivity index (χ1v) is 11.7. The number of halogens is 1. The molecule has 0 saturated heterocycles. The number of thiophene rings is 1. The first kappa shape index (κ1) is 21.7. The number of carbonyl (C=O) groups is 1. The molecule has 2 aliphatic heterocycles. The molecule has 170 valence electrons. The van der Waals surface area contributed by atoms with Gasteiger partial charge in [-0.15, -0.1) is 17.9 Å². The van der Waals surface area contributed by atoms with Gasteiger partial charge in [-0.3, -0.25) is 4.79 Å². The number of anilines is 1. The quantitative estimate of drug-likeness (QED) is 0.212. The van der Waals surface area contributed by atoms with Gasteiger partial charge in [0.25, 0.3) is 5.91 Å². The predicted octanol–water partition coefficient (Wildman–Crippen LogP) is 3.98. The smallest absolute Gasteiger partial charge is 0.263 e. The van der Waals surface area contributed by atoms with Crippen molar-refractivity contribution < 1.29 is 14.3 Å². The molecule has 4 heterocycles. The van der Waals surface area contributed by atoms with Crippen LogP contribution in [0.2, 0.25) is 0 Å². The fraction of sp³-hybridized carbons (Fsp3) is 0.261. The molecule has 10 heteroatoms. The Morgan fingerprint density at radius 3 is 3.09 bits per heavy atom. The minimum atomic E-state index is -1.16. The first-order valence-electron chi connectivity index (χ1n) is 10.5. The van der Waals surface area contributed by atoms with Crippen LogP contribution in [0.5, 0.6) is 5.88 Å². The van der Waals surface area contributed by atoms with E-state index in [1.54, 1.807) is 24.4 Å². The average molecular weight is 484 g/mol. The maximum absolute atomic E-state index is 12.6. The SMILES string of the molecule is C=CCOCC1(Cl)N=CC=C(Oc2ccc3c(ccc4sc5c(c43)NCC(C)NC5=O)n2)N1. The highest BCUT2D eigenvalue weighted by molar-refractivity contribution is 7.21. The Balaban J connectivity index is 1.43. The van der Waals surface area contributed by atoms with Gasteiger partial charge in [-0.05, 0) is 25.1 Å². The number of nitrogens with one attached hydrogen (secondary N) is 3. The Morgan fingerprint density at radius 1 is 1.36 bits per heavy atom. The van der Waals surface area contributed by atoms with E-state index < -0.39 is 5.12 Å². The van der Waals surface area contributed by atoms with Gasteiger partial charge in [0, 0.05) is 46.4 Å². The fourth-order valence-electron chi connectivity index (χ4n) is 3.77. The van der Waals surface area contributed by atoms with Crippen molar-refractivity contribution in [3.8, 4) is 5.88 Å². The largest absolute Gasteiger partial charge is 0.423 e. The summed E-state index contributed by atoms with van der Waals surface area (Å²) < 4.78 is 12.4. The highest BCUT2D eigenvalue weighted by Crippen LogP contribution is 2.41. The molecule has 2 atom stereocenters. The number of rotatable bonds is 6. The van der Waals surface area contributed by atoms with Crippen molar-refractivity contribution in [1.82, 2.24) is 15.6 Å². The van der Waals surface area contributed by atoms with E-state index in [1.165, 1.54) is 11.3 Å². The van der Waals surface area contributed by atoms with Crippen LogP contribution in [0.4, 0.5) is 5.69 Å². The van der Waals surface area contributed by atoms with Crippen LogP contribution >= 0.6 is 22.9 Å². The molecule has 8 nitrogen and oxygen atoms in total. The summed E-state index contributed by atoms with van der Waals surface area (Å²) in [5.41, 5.74) is 1.62. The Hall–Kier alpha value is -3.14. The van der Waals surface area contributed by atoms with Gasteiger partial charge in [0.15, 0.2) is 5.88 Å². The molecular formula is C23H22ClN5O3S. The lowest BCUT2D eigenvalue weighted by Gasteiger charge is -2.27. The van der Waals surface area contributed by atoms with Crippen LogP contribution in [0.25, 0.3) is 21.0 Å². The van der Waals surface area contributed by atoms with Crippen molar-refractivity contribution in [3.05, 3.63) is 53.8 Å². The van der Waals surface area contributed by atoms with Gasteiger partial charge in [0.2, 0.25) is 11.0 Å². The van der Waals surface area contributed by atoms with E-state index in [1.807, 2.05) is 25.1 Å². The van der Waals surface area contributed by atoms with Gasteiger partial charge in [-0.1, -0.05) is 17.7 Å². The number of aromatic nitrogens is 1. The summed E-state index contributed by atoms with van der Waals surface area (Å²) in [6.45, 7) is 6.77. The molecule has 1 aromatic carbocycles. The Kier molecular flexibility index (Phi) is 5.69. The second kappa shape index (κ2) is 8.66. The van der Waals surface area contributed by atoms with E-state index >= 15 is 0 Å². The van der Waals surface area contributed by atoms with Crippen LogP contribution in [0.1, 0.15) is 16.6 Å². The van der Waals surface area contributed by atoms with Gasteiger partial charge in [-0.2, -0.15) is 0 Å². The molecule has 0 fully saturated rings. The number of carbonyl (C=O) groups excluding carboxylic acids is 1. The lowest BCUT2D eigenvalue weighted by atomic mass is 10.1. The van der Waals surface area contributed by atoms with E-state index in [0.29, 0.717) is 29.8 Å². The zero-order valence-corrected chi connectivity index (χ0v) is 19.4. The zero-order chi connectivity index (χ0) is 23.0. The summed E-state index contributed by atoms with van der Waals surface area (Å²) in [4.78, 5) is 22.2. The molecular weight excluding hydrogens is 462 g/mol. The normalized spacial score (nSPS) is 22.1. The van der Waals surface area contributed by atoms with E-state index in [0.717, 1.165) is 26.7 Å². The minimum Gasteiger partial charge on any atom is -0.423 e. The summed E-state index contributed by atoms with van der Waals surface area (Å²) >= 11 is 7.95. The Morgan fingerprint density at radius 2 is 2.24 bits per heavy atom. The zero-order valence-electron chi connectivity index (χ0n) is 17.9. The third-order valence-electron chi connectivity index (χ3n) is 5.23. The summed E-state index contributed by atoms with van der Waals surface area (Å²) in [5, 5.41) is 10.2. The van der Waals surface area contributed by atoms with Gasteiger partial charge in [0.05, 0.1) is 17.8 Å². The van der Waals surface area contributed by atoms with Gasteiger partial charge in [0.1, 0.15) is 11.5 Å². The summed E-state index contributed by atoms with van der Waals surface area (Å²) in [7, 11) is 0. The lowest BCUT2D eigenvalue weighted by molar-refractivity contribution is 0.0949. The molecule has 0 radical (unpaired) electrons. The second-order valence-corrected chi connectivity index (χ2v) is 9.49. The summed E-state index contributed by atoms with van der Waals surface area (Å²) in [6, 6.07) is 7.72. The summed E-state index contributed by atoms with van der Waals surface area (Å²) in [5.74, 6) is 0.762. The fourth-order valence-corrected chi connectivity index (χ4v) is 5.10. The van der Waals surface area contributed by atoms with Gasteiger partial charge >= 0.3 is 0 Å². The number of ether oxygens (including phenoxy) is 2. The van der Waals surface area contributed by atoms with E-state index in [4.69, 9.17) is 21.1 Å². The van der Waals surface area contributed by atoms with Crippen LogP contribution in [0, 0.1) is 0 Å². The number of alkyl halides is 1. The number of benzene rings is 1. The molecule has 3 N–H and O–H groups in total. The average Bonchev–Trinajstić information content (AvgIpc) is 3.10. The summed E-state index contributed by atoms with van der Waals surface area (Å²) in [6.07, 6.45) is 4.88. The number of allylic oxidation sites excluding steroid dienone is 1. The van der Waals surface area contributed by atoms with Crippen molar-refractivity contribution in [2.75, 3.05) is 25.1 Å². The van der Waals surface area contributed by atoms with Gasteiger partial charge < -0.3 is 25.4 Å². The molecule has 0 saturated carbocycles. The van der Waals surface area contributed by atoms with Crippen LogP contribution in [0.15, 0.2) is 53.9 Å². The predicted molar refractivity (Wildman–Crippen MR) is 132 cm³/mol. The maximum Gasteiger partial charge on any atom is 0.263 e. The molecule has 33 heavy (non-hydrogen) atoms. The van der Waals surface area contributed by atoms with Crippen molar-refractivity contribution >= 4 is 61.7 Å². The van der Waals surface area contributed by atoms with E-state index in [2.05, 4.69) is 32.5 Å². The van der Waals surface area contributed by atoms with Crippen LogP contribution in [0.3, 0.4) is 0 Å². The molecule has 0 aliphatic carbocycles. The van der Waals surface area contributed by atoms with Gasteiger partial charge in [-0.25, -0.2) is 9.98 Å². The molecule has 2 unspecified atom stereocenters. The minimum absolute atomic E-state index is 0.0521. The number of aliphatic imine (C=N–C) groups is 1. The number of nitrogens with zero attached hydrogens (tertiary/aromatic N) is 2. The lowest BCUT2D eigenvalue weighted by Crippen LogP contribution is -2.45. The third-order valence-corrected chi connectivity index (χ3v) is 6.68. The number of pyridine rings is 1. The van der Waals surface area contributed by atoms with Crippen LogP contribution in [-0.2, 0) is 4.74 Å². The second-order valence-electron chi connectivity index (χ2n) is 7.82. The van der Waals surface area contributed by atoms with E-state index in [9.17, 15) is 4.79 Å². The molecule has 0 spiro atoms. The Labute approximate surface area is 199 Å². The number of hydrogen-bond acceptors (Lipinski definition) is 8. The monoisotopic (exact) mass is 483 g/mol. The molecule has 5 rings (SSSR count). The highest BCUT2D eigenvalue weighted by Gasteiger charge is 2.30. The Bertz CT molecular complexity index is 1320. The van der Waals surface area contributed by atoms with Crippen molar-refractivity contribution in [2.24, 2.45) is 4.99 Å².